The van der Waals surface area contributed by atoms with Crippen molar-refractivity contribution in [1.82, 2.24) is 0 Å². The van der Waals surface area contributed by atoms with Crippen molar-refractivity contribution in [2.45, 2.75) is 25.3 Å². The lowest BCUT2D eigenvalue weighted by atomic mass is 9.75. The largest absolute Gasteiger partial charge is 0.495 e. The Bertz CT molecular complexity index is 766. The van der Waals surface area contributed by atoms with Gasteiger partial charge in [-0.05, 0) is 54.2 Å². The second kappa shape index (κ2) is 5.41. The molecule has 0 saturated heterocycles. The average Bonchev–Trinajstić information content (AvgIpc) is 3.04. The molecule has 2 aliphatic rings. The summed E-state index contributed by atoms with van der Waals surface area (Å²) >= 11 is 0. The summed E-state index contributed by atoms with van der Waals surface area (Å²) in [4.78, 5) is 0. The van der Waals surface area contributed by atoms with Gasteiger partial charge < -0.3 is 10.1 Å². The van der Waals surface area contributed by atoms with Crippen LogP contribution in [0.15, 0.2) is 48.6 Å². The number of rotatable bonds is 2. The summed E-state index contributed by atoms with van der Waals surface area (Å²) in [5, 5.41) is 3.68. The molecule has 0 bridgehead atoms. The van der Waals surface area contributed by atoms with E-state index in [9.17, 15) is 4.39 Å². The number of fused-ring (bicyclic) bond motifs is 3. The molecule has 2 aromatic rings. The van der Waals surface area contributed by atoms with Gasteiger partial charge in [-0.3, -0.25) is 0 Å². The Kier molecular flexibility index (Phi) is 3.37. The predicted octanol–water partition coefficient (Wildman–Crippen LogP) is 4.97. The Morgan fingerprint density at radius 3 is 2.65 bits per heavy atom. The van der Waals surface area contributed by atoms with Gasteiger partial charge in [-0.1, -0.05) is 30.4 Å². The Morgan fingerprint density at radius 2 is 1.91 bits per heavy atom. The predicted molar refractivity (Wildman–Crippen MR) is 90.5 cm³/mol. The molecule has 1 heterocycles. The molecule has 2 nitrogen and oxygen atoms in total. The molecule has 0 amide bonds. The van der Waals surface area contributed by atoms with Gasteiger partial charge in [0.05, 0.1) is 18.8 Å². The molecule has 1 aliphatic carbocycles. The molecule has 4 rings (SSSR count). The van der Waals surface area contributed by atoms with Crippen LogP contribution in [0.1, 0.15) is 35.1 Å². The van der Waals surface area contributed by atoms with E-state index in [-0.39, 0.29) is 11.9 Å². The van der Waals surface area contributed by atoms with Gasteiger partial charge in [0, 0.05) is 5.92 Å². The minimum Gasteiger partial charge on any atom is -0.495 e. The van der Waals surface area contributed by atoms with Crippen LogP contribution in [0.4, 0.5) is 10.1 Å². The second-order valence-electron chi connectivity index (χ2n) is 6.40. The first-order valence-electron chi connectivity index (χ1n) is 8.05. The molecule has 1 aliphatic heterocycles. The third kappa shape index (κ3) is 2.23. The van der Waals surface area contributed by atoms with Gasteiger partial charge in [-0.25, -0.2) is 4.39 Å². The normalized spacial score (nSPS) is 24.7. The van der Waals surface area contributed by atoms with E-state index in [0.717, 1.165) is 23.4 Å². The Hall–Kier alpha value is -2.29. The molecule has 3 atom stereocenters. The van der Waals surface area contributed by atoms with Crippen molar-refractivity contribution in [2.24, 2.45) is 5.92 Å². The van der Waals surface area contributed by atoms with E-state index < -0.39 is 0 Å². The third-order valence-corrected chi connectivity index (χ3v) is 5.15. The number of methoxy groups -OCH3 is 1. The summed E-state index contributed by atoms with van der Waals surface area (Å²) < 4.78 is 18.9. The number of halogens is 1. The quantitative estimate of drug-likeness (QED) is 0.791. The summed E-state index contributed by atoms with van der Waals surface area (Å²) in [5.74, 6) is 1.52. The minimum absolute atomic E-state index is 0.166. The van der Waals surface area contributed by atoms with Crippen molar-refractivity contribution in [3.8, 4) is 5.75 Å². The van der Waals surface area contributed by atoms with Crippen LogP contribution >= 0.6 is 0 Å². The van der Waals surface area contributed by atoms with Crippen LogP contribution in [0.2, 0.25) is 0 Å². The van der Waals surface area contributed by atoms with Crippen LogP contribution in [-0.2, 0) is 0 Å². The lowest BCUT2D eigenvalue weighted by molar-refractivity contribution is 0.396. The number of anilines is 1. The number of nitrogens with one attached hydrogen (secondary N) is 1. The number of allylic oxidation sites excluding steroid dienone is 2. The molecular weight excluding hydrogens is 289 g/mol. The maximum Gasteiger partial charge on any atom is 0.142 e. The summed E-state index contributed by atoms with van der Waals surface area (Å²) in [6.45, 7) is 2.15. The average molecular weight is 309 g/mol. The van der Waals surface area contributed by atoms with Gasteiger partial charge in [0.25, 0.3) is 0 Å². The summed E-state index contributed by atoms with van der Waals surface area (Å²) in [5.41, 5.74) is 4.82. The molecule has 0 saturated carbocycles. The highest BCUT2D eigenvalue weighted by Gasteiger charge is 2.39. The Balaban J connectivity index is 1.84. The molecule has 23 heavy (non-hydrogen) atoms. The zero-order valence-corrected chi connectivity index (χ0v) is 13.3. The fourth-order valence-electron chi connectivity index (χ4n) is 4.04. The summed E-state index contributed by atoms with van der Waals surface area (Å²) in [6, 6.07) is 11.2. The van der Waals surface area contributed by atoms with Crippen molar-refractivity contribution in [3.05, 3.63) is 71.1 Å². The van der Waals surface area contributed by atoms with E-state index in [1.807, 2.05) is 18.2 Å². The second-order valence-corrected chi connectivity index (χ2v) is 6.40. The lowest BCUT2D eigenvalue weighted by Crippen LogP contribution is -2.30. The molecule has 1 N–H and O–H groups in total. The molecule has 118 valence electrons. The summed E-state index contributed by atoms with van der Waals surface area (Å²) in [7, 11) is 1.70. The molecular formula is C20H20FNO. The van der Waals surface area contributed by atoms with Gasteiger partial charge in [0.2, 0.25) is 0 Å². The fourth-order valence-corrected chi connectivity index (χ4v) is 4.04. The van der Waals surface area contributed by atoms with Gasteiger partial charge in [0.15, 0.2) is 0 Å². The van der Waals surface area contributed by atoms with Crippen LogP contribution in [0.5, 0.6) is 5.75 Å². The molecule has 3 heteroatoms. The Labute approximate surface area is 136 Å². The van der Waals surface area contributed by atoms with E-state index in [1.165, 1.54) is 23.3 Å². The molecule has 2 aromatic carbocycles. The van der Waals surface area contributed by atoms with Crippen LogP contribution < -0.4 is 10.1 Å². The highest BCUT2D eigenvalue weighted by Crippen LogP contribution is 2.53. The number of hydrogen-bond donors (Lipinski definition) is 1. The van der Waals surface area contributed by atoms with E-state index in [2.05, 4.69) is 30.5 Å². The van der Waals surface area contributed by atoms with Crippen LogP contribution in [0.3, 0.4) is 0 Å². The van der Waals surface area contributed by atoms with Crippen LogP contribution in [-0.4, -0.2) is 7.11 Å². The van der Waals surface area contributed by atoms with Crippen LogP contribution in [0, 0.1) is 18.7 Å². The molecule has 0 radical (unpaired) electrons. The van der Waals surface area contributed by atoms with Crippen molar-refractivity contribution in [3.63, 3.8) is 0 Å². The highest BCUT2D eigenvalue weighted by atomic mass is 19.1. The molecule has 0 unspecified atom stereocenters. The van der Waals surface area contributed by atoms with E-state index in [1.54, 1.807) is 7.11 Å². The molecule has 0 aromatic heterocycles. The zero-order chi connectivity index (χ0) is 16.0. The molecule has 0 fully saturated rings. The van der Waals surface area contributed by atoms with E-state index in [4.69, 9.17) is 4.74 Å². The summed E-state index contributed by atoms with van der Waals surface area (Å²) in [6.07, 6.45) is 5.62. The van der Waals surface area contributed by atoms with Crippen LogP contribution in [0.25, 0.3) is 0 Å². The first-order valence-corrected chi connectivity index (χ1v) is 8.05. The maximum absolute atomic E-state index is 13.3. The number of aryl methyl sites for hydroxylation is 1. The van der Waals surface area contributed by atoms with Crippen molar-refractivity contribution in [1.29, 1.82) is 0 Å². The van der Waals surface area contributed by atoms with Gasteiger partial charge >= 0.3 is 0 Å². The smallest absolute Gasteiger partial charge is 0.142 e. The fraction of sp³-hybridized carbons (Fsp3) is 0.300. The Morgan fingerprint density at radius 1 is 1.13 bits per heavy atom. The highest BCUT2D eigenvalue weighted by molar-refractivity contribution is 5.69. The van der Waals surface area contributed by atoms with Crippen molar-refractivity contribution >= 4 is 5.69 Å². The lowest BCUT2D eigenvalue weighted by Gasteiger charge is -2.39. The maximum atomic E-state index is 13.3. The topological polar surface area (TPSA) is 21.3 Å². The number of benzene rings is 2. The van der Waals surface area contributed by atoms with Crippen molar-refractivity contribution in [2.75, 3.05) is 12.4 Å². The monoisotopic (exact) mass is 309 g/mol. The first-order chi connectivity index (χ1) is 11.2. The van der Waals surface area contributed by atoms with Crippen molar-refractivity contribution < 1.29 is 9.13 Å². The SMILES string of the molecule is COc1ccc(C)c2c1N[C@H](c1ccc(F)cc1)[C@H]1CC=C[C@@H]21. The standard InChI is InChI=1S/C20H20FNO/c1-12-6-11-17(23-2)20-18(12)15-4-3-5-16(15)19(22-20)13-7-9-14(21)10-8-13/h3-4,6-11,15-16,19,22H,5H2,1-2H3/t15-,16+,19-/m1/s1. The number of hydrogen-bond acceptors (Lipinski definition) is 2. The molecule has 0 spiro atoms. The van der Waals surface area contributed by atoms with E-state index in [0.29, 0.717) is 11.8 Å². The third-order valence-electron chi connectivity index (χ3n) is 5.15. The van der Waals surface area contributed by atoms with Gasteiger partial charge in [0.1, 0.15) is 11.6 Å². The zero-order valence-electron chi connectivity index (χ0n) is 13.3. The van der Waals surface area contributed by atoms with Gasteiger partial charge in [-0.2, -0.15) is 0 Å². The first kappa shape index (κ1) is 14.3. The van der Waals surface area contributed by atoms with Gasteiger partial charge in [-0.15, -0.1) is 0 Å². The van der Waals surface area contributed by atoms with E-state index >= 15 is 0 Å². The number of ether oxygens (including phenoxy) is 1. The minimum atomic E-state index is -0.195.